The van der Waals surface area contributed by atoms with Gasteiger partial charge < -0.3 is 5.41 Å². The predicted molar refractivity (Wildman–Crippen MR) is 65.6 cm³/mol. The summed E-state index contributed by atoms with van der Waals surface area (Å²) in [5.74, 6) is 0. The molecule has 0 aromatic heterocycles. The minimum absolute atomic E-state index is 0.260. The molecule has 0 saturated heterocycles. The highest BCUT2D eigenvalue weighted by molar-refractivity contribution is 6.45. The van der Waals surface area contributed by atoms with E-state index >= 15 is 0 Å². The zero-order valence-corrected chi connectivity index (χ0v) is 9.52. The van der Waals surface area contributed by atoms with Crippen LogP contribution in [0.4, 0.5) is 0 Å². The standard InChI is InChI=1S/C10H14N2.C2H6/c1-4-6-7-9(5-2)10(12)8(3)11;1-2/h4-7,11-12H,1H2,2-3H3;1-2H3/b7-6-,9-5+,11-8?,12-10?;. The van der Waals surface area contributed by atoms with Gasteiger partial charge in [0.25, 0.3) is 0 Å². The molecule has 0 aliphatic heterocycles. The maximum Gasteiger partial charge on any atom is 0.0813 e. The van der Waals surface area contributed by atoms with E-state index in [1.807, 2.05) is 20.8 Å². The van der Waals surface area contributed by atoms with Crippen molar-refractivity contribution in [2.24, 2.45) is 0 Å². The molecule has 0 radical (unpaired) electrons. The van der Waals surface area contributed by atoms with Gasteiger partial charge in [0.2, 0.25) is 0 Å². The van der Waals surface area contributed by atoms with Crippen LogP contribution in [-0.2, 0) is 0 Å². The molecular formula is C12H20N2. The van der Waals surface area contributed by atoms with Crippen molar-refractivity contribution in [1.82, 2.24) is 0 Å². The van der Waals surface area contributed by atoms with Gasteiger partial charge in [0.1, 0.15) is 0 Å². The minimum Gasteiger partial charge on any atom is -0.303 e. The molecule has 0 aliphatic rings. The molecule has 2 N–H and O–H groups in total. The van der Waals surface area contributed by atoms with E-state index in [4.69, 9.17) is 10.8 Å². The predicted octanol–water partition coefficient (Wildman–Crippen LogP) is 3.76. The van der Waals surface area contributed by atoms with Gasteiger partial charge in [0.05, 0.1) is 11.4 Å². The summed E-state index contributed by atoms with van der Waals surface area (Å²) >= 11 is 0. The van der Waals surface area contributed by atoms with Crippen LogP contribution in [0.2, 0.25) is 0 Å². The number of hydrogen-bond acceptors (Lipinski definition) is 2. The molecule has 0 unspecified atom stereocenters. The average molecular weight is 192 g/mol. The topological polar surface area (TPSA) is 47.7 Å². The lowest BCUT2D eigenvalue weighted by Gasteiger charge is -2.00. The normalized spacial score (nSPS) is 10.4. The van der Waals surface area contributed by atoms with Gasteiger partial charge in [-0.3, -0.25) is 5.41 Å². The second-order valence-corrected chi connectivity index (χ2v) is 2.34. The zero-order valence-electron chi connectivity index (χ0n) is 9.52. The summed E-state index contributed by atoms with van der Waals surface area (Å²) in [6, 6.07) is 0. The van der Waals surface area contributed by atoms with Gasteiger partial charge in [-0.2, -0.15) is 0 Å². The van der Waals surface area contributed by atoms with Crippen LogP contribution in [0.3, 0.4) is 0 Å². The van der Waals surface area contributed by atoms with E-state index in [2.05, 4.69) is 6.58 Å². The molecule has 0 aromatic carbocycles. The van der Waals surface area contributed by atoms with Gasteiger partial charge in [0, 0.05) is 0 Å². The van der Waals surface area contributed by atoms with Crippen LogP contribution in [0.25, 0.3) is 0 Å². The molecule has 14 heavy (non-hydrogen) atoms. The highest BCUT2D eigenvalue weighted by Crippen LogP contribution is 2.00. The van der Waals surface area contributed by atoms with Crippen molar-refractivity contribution in [3.05, 3.63) is 36.5 Å². The summed E-state index contributed by atoms with van der Waals surface area (Å²) in [6.45, 7) is 11.0. The van der Waals surface area contributed by atoms with Gasteiger partial charge in [-0.25, -0.2) is 0 Å². The van der Waals surface area contributed by atoms with E-state index in [1.54, 1.807) is 31.2 Å². The van der Waals surface area contributed by atoms with E-state index in [-0.39, 0.29) is 11.4 Å². The Morgan fingerprint density at radius 1 is 1.21 bits per heavy atom. The fraction of sp³-hybridized carbons (Fsp3) is 0.333. The third-order valence-corrected chi connectivity index (χ3v) is 1.39. The van der Waals surface area contributed by atoms with Crippen LogP contribution in [0.5, 0.6) is 0 Å². The molecule has 0 fully saturated rings. The third-order valence-electron chi connectivity index (χ3n) is 1.39. The van der Waals surface area contributed by atoms with Gasteiger partial charge in [-0.1, -0.05) is 44.7 Å². The highest BCUT2D eigenvalue weighted by Gasteiger charge is 2.01. The largest absolute Gasteiger partial charge is 0.303 e. The summed E-state index contributed by atoms with van der Waals surface area (Å²) in [7, 11) is 0. The zero-order chi connectivity index (χ0) is 11.6. The van der Waals surface area contributed by atoms with E-state index in [9.17, 15) is 0 Å². The molecule has 0 spiro atoms. The monoisotopic (exact) mass is 192 g/mol. The molecular weight excluding hydrogens is 172 g/mol. The highest BCUT2D eigenvalue weighted by atomic mass is 14.5. The van der Waals surface area contributed by atoms with Crippen molar-refractivity contribution in [2.45, 2.75) is 27.7 Å². The van der Waals surface area contributed by atoms with Gasteiger partial charge in [-0.05, 0) is 19.4 Å². The Morgan fingerprint density at radius 2 is 1.71 bits per heavy atom. The van der Waals surface area contributed by atoms with Crippen molar-refractivity contribution in [2.75, 3.05) is 0 Å². The Bertz CT molecular complexity index is 257. The first kappa shape index (κ1) is 15.1. The molecule has 0 bridgehead atoms. The summed E-state index contributed by atoms with van der Waals surface area (Å²) < 4.78 is 0. The van der Waals surface area contributed by atoms with Crippen LogP contribution >= 0.6 is 0 Å². The lowest BCUT2D eigenvalue weighted by molar-refractivity contribution is 1.45. The van der Waals surface area contributed by atoms with Crippen LogP contribution in [-0.4, -0.2) is 11.4 Å². The average Bonchev–Trinajstić information content (AvgIpc) is 2.21. The van der Waals surface area contributed by atoms with Crippen molar-refractivity contribution >= 4 is 11.4 Å². The number of allylic oxidation sites excluding steroid dienone is 5. The number of rotatable bonds is 4. The smallest absolute Gasteiger partial charge is 0.0813 e. The molecule has 0 saturated carbocycles. The SMILES string of the molecule is C=C/C=C\C(=C/C)C(=N)C(C)=N.CC. The van der Waals surface area contributed by atoms with E-state index < -0.39 is 0 Å². The Hall–Kier alpha value is -1.44. The fourth-order valence-corrected chi connectivity index (χ4v) is 0.712. The number of nitrogens with one attached hydrogen (secondary N) is 2. The van der Waals surface area contributed by atoms with Crippen molar-refractivity contribution in [3.8, 4) is 0 Å². The summed E-state index contributed by atoms with van der Waals surface area (Å²) in [5, 5.41) is 14.7. The minimum atomic E-state index is 0.260. The Labute approximate surface area is 87.1 Å². The van der Waals surface area contributed by atoms with Gasteiger partial charge >= 0.3 is 0 Å². The lowest BCUT2D eigenvalue weighted by atomic mass is 10.1. The first-order valence-corrected chi connectivity index (χ1v) is 4.73. The van der Waals surface area contributed by atoms with Crippen molar-refractivity contribution in [3.63, 3.8) is 0 Å². The maximum atomic E-state index is 7.50. The van der Waals surface area contributed by atoms with Crippen molar-refractivity contribution < 1.29 is 0 Å². The van der Waals surface area contributed by atoms with Crippen LogP contribution in [0.15, 0.2) is 36.5 Å². The molecule has 2 heteroatoms. The summed E-state index contributed by atoms with van der Waals surface area (Å²) in [6.07, 6.45) is 6.98. The fourth-order valence-electron chi connectivity index (χ4n) is 0.712. The second-order valence-electron chi connectivity index (χ2n) is 2.34. The Kier molecular flexibility index (Phi) is 10.4. The first-order chi connectivity index (χ1) is 6.63. The second kappa shape index (κ2) is 9.65. The van der Waals surface area contributed by atoms with Crippen LogP contribution < -0.4 is 0 Å². The Balaban J connectivity index is 0. The van der Waals surface area contributed by atoms with Crippen molar-refractivity contribution in [1.29, 1.82) is 10.8 Å². The lowest BCUT2D eigenvalue weighted by Crippen LogP contribution is -2.08. The maximum absolute atomic E-state index is 7.50. The molecule has 2 nitrogen and oxygen atoms in total. The van der Waals surface area contributed by atoms with E-state index in [1.165, 1.54) is 0 Å². The van der Waals surface area contributed by atoms with Gasteiger partial charge in [-0.15, -0.1) is 0 Å². The molecule has 0 amide bonds. The molecule has 0 atom stereocenters. The molecule has 0 heterocycles. The van der Waals surface area contributed by atoms with Crippen LogP contribution in [0.1, 0.15) is 27.7 Å². The summed E-state index contributed by atoms with van der Waals surface area (Å²) in [4.78, 5) is 0. The van der Waals surface area contributed by atoms with E-state index in [0.29, 0.717) is 0 Å². The molecule has 0 rings (SSSR count). The number of hydrogen-bond donors (Lipinski definition) is 2. The van der Waals surface area contributed by atoms with Crippen LogP contribution in [0, 0.1) is 10.8 Å². The first-order valence-electron chi connectivity index (χ1n) is 4.73. The van der Waals surface area contributed by atoms with Gasteiger partial charge in [0.15, 0.2) is 0 Å². The summed E-state index contributed by atoms with van der Waals surface area (Å²) in [5.41, 5.74) is 1.29. The Morgan fingerprint density at radius 3 is 2.00 bits per heavy atom. The molecule has 0 aromatic rings. The third kappa shape index (κ3) is 6.12. The molecule has 78 valence electrons. The molecule has 0 aliphatic carbocycles. The van der Waals surface area contributed by atoms with E-state index in [0.717, 1.165) is 5.57 Å². The quantitative estimate of drug-likeness (QED) is 0.503.